The molecule has 0 fully saturated rings. The van der Waals surface area contributed by atoms with Gasteiger partial charge in [0.2, 0.25) is 0 Å². The van der Waals surface area contributed by atoms with Gasteiger partial charge in [-0.05, 0) is 25.7 Å². The summed E-state index contributed by atoms with van der Waals surface area (Å²) in [7, 11) is 0. The molecule has 0 heterocycles. The number of rotatable bonds is 22. The zero-order chi connectivity index (χ0) is 23.3. The standard InChI is InChI=1S/C24H44O7/c1-2-3-4-5-6-7-8-9-14-17-23(28)31-21(19-25)18-20(24(29)30)15-12-10-11-13-16-22(26)27/h20-21,25H,2-19H2,1H3,(H,26,27)(H,29,30). The van der Waals surface area contributed by atoms with E-state index in [-0.39, 0.29) is 25.4 Å². The molecule has 0 spiro atoms. The van der Waals surface area contributed by atoms with Gasteiger partial charge in [0.25, 0.3) is 0 Å². The number of ether oxygens (including phenoxy) is 1. The SMILES string of the molecule is CCCCCCCCCCCC(=O)OC(CO)CC(CCCCCCC(=O)O)C(=O)O. The van der Waals surface area contributed by atoms with Gasteiger partial charge in [-0.3, -0.25) is 14.4 Å². The molecule has 3 N–H and O–H groups in total. The molecule has 0 aromatic carbocycles. The topological polar surface area (TPSA) is 121 Å². The minimum Gasteiger partial charge on any atom is -0.481 e. The van der Waals surface area contributed by atoms with E-state index in [4.69, 9.17) is 9.84 Å². The van der Waals surface area contributed by atoms with Crippen molar-refractivity contribution in [2.75, 3.05) is 6.61 Å². The summed E-state index contributed by atoms with van der Waals surface area (Å²) >= 11 is 0. The highest BCUT2D eigenvalue weighted by Gasteiger charge is 2.24. The van der Waals surface area contributed by atoms with Gasteiger partial charge in [-0.25, -0.2) is 0 Å². The Morgan fingerprint density at radius 1 is 0.742 bits per heavy atom. The van der Waals surface area contributed by atoms with E-state index in [2.05, 4.69) is 6.92 Å². The highest BCUT2D eigenvalue weighted by atomic mass is 16.6. The highest BCUT2D eigenvalue weighted by Crippen LogP contribution is 2.19. The third-order valence-corrected chi connectivity index (χ3v) is 5.58. The fraction of sp³-hybridized carbons (Fsp3) is 0.875. The molecule has 2 unspecified atom stereocenters. The fourth-order valence-corrected chi connectivity index (χ4v) is 3.66. The fourth-order valence-electron chi connectivity index (χ4n) is 3.66. The maximum atomic E-state index is 12.0. The molecule has 0 aliphatic heterocycles. The molecule has 0 aromatic rings. The number of aliphatic hydroxyl groups excluding tert-OH is 1. The lowest BCUT2D eigenvalue weighted by Gasteiger charge is -2.20. The number of hydrogen-bond donors (Lipinski definition) is 3. The Hall–Kier alpha value is -1.63. The minimum absolute atomic E-state index is 0.102. The van der Waals surface area contributed by atoms with Crippen molar-refractivity contribution < 1.29 is 34.4 Å². The van der Waals surface area contributed by atoms with Crippen LogP contribution in [0.15, 0.2) is 0 Å². The molecule has 0 aromatic heterocycles. The molecular formula is C24H44O7. The molecule has 7 nitrogen and oxygen atoms in total. The second-order valence-corrected chi connectivity index (χ2v) is 8.49. The van der Waals surface area contributed by atoms with E-state index < -0.39 is 24.0 Å². The van der Waals surface area contributed by atoms with E-state index in [1.807, 2.05) is 0 Å². The van der Waals surface area contributed by atoms with Crippen molar-refractivity contribution in [3.05, 3.63) is 0 Å². The third-order valence-electron chi connectivity index (χ3n) is 5.58. The third kappa shape index (κ3) is 18.8. The summed E-state index contributed by atoms with van der Waals surface area (Å²) in [5.74, 6) is -2.84. The number of carboxylic acid groups (broad SMARTS) is 2. The first-order chi connectivity index (χ1) is 14.9. The van der Waals surface area contributed by atoms with Crippen molar-refractivity contribution in [1.29, 1.82) is 0 Å². The van der Waals surface area contributed by atoms with Crippen LogP contribution in [0.1, 0.15) is 116 Å². The normalized spacial score (nSPS) is 13.0. The smallest absolute Gasteiger partial charge is 0.306 e. The van der Waals surface area contributed by atoms with Gasteiger partial charge in [0.15, 0.2) is 0 Å². The maximum absolute atomic E-state index is 12.0. The van der Waals surface area contributed by atoms with E-state index in [0.29, 0.717) is 25.7 Å². The van der Waals surface area contributed by atoms with Crippen molar-refractivity contribution in [2.24, 2.45) is 5.92 Å². The van der Waals surface area contributed by atoms with Crippen molar-refractivity contribution in [3.63, 3.8) is 0 Å². The van der Waals surface area contributed by atoms with Gasteiger partial charge in [-0.1, -0.05) is 77.6 Å². The van der Waals surface area contributed by atoms with Crippen molar-refractivity contribution in [3.8, 4) is 0 Å². The zero-order valence-electron chi connectivity index (χ0n) is 19.4. The van der Waals surface area contributed by atoms with E-state index in [9.17, 15) is 24.6 Å². The lowest BCUT2D eigenvalue weighted by atomic mass is 9.94. The van der Waals surface area contributed by atoms with Gasteiger partial charge in [-0.15, -0.1) is 0 Å². The predicted molar refractivity (Wildman–Crippen MR) is 120 cm³/mol. The molecule has 0 rings (SSSR count). The van der Waals surface area contributed by atoms with Crippen LogP contribution in [0.5, 0.6) is 0 Å². The predicted octanol–water partition coefficient (Wildman–Crippen LogP) is 5.33. The summed E-state index contributed by atoms with van der Waals surface area (Å²) in [5.41, 5.74) is 0. The van der Waals surface area contributed by atoms with Gasteiger partial charge in [-0.2, -0.15) is 0 Å². The number of aliphatic hydroxyl groups is 1. The lowest BCUT2D eigenvalue weighted by molar-refractivity contribution is -0.155. The van der Waals surface area contributed by atoms with Crippen LogP contribution in [0.25, 0.3) is 0 Å². The van der Waals surface area contributed by atoms with Crippen molar-refractivity contribution >= 4 is 17.9 Å². The first-order valence-electron chi connectivity index (χ1n) is 12.2. The summed E-state index contributed by atoms with van der Waals surface area (Å²) in [5, 5.41) is 27.5. The number of carbonyl (C=O) groups is 3. The quantitative estimate of drug-likeness (QED) is 0.152. The molecule has 0 amide bonds. The van der Waals surface area contributed by atoms with Crippen LogP contribution in [0.4, 0.5) is 0 Å². The molecule has 31 heavy (non-hydrogen) atoms. The van der Waals surface area contributed by atoms with E-state index in [1.54, 1.807) is 0 Å². The number of esters is 1. The monoisotopic (exact) mass is 444 g/mol. The molecule has 0 saturated heterocycles. The van der Waals surface area contributed by atoms with Crippen molar-refractivity contribution in [1.82, 2.24) is 0 Å². The van der Waals surface area contributed by atoms with Crippen LogP contribution in [-0.2, 0) is 19.1 Å². The number of aliphatic carboxylic acids is 2. The Labute approximate surface area is 187 Å². The van der Waals surface area contributed by atoms with Crippen LogP contribution in [-0.4, -0.2) is 45.9 Å². The van der Waals surface area contributed by atoms with Gasteiger partial charge < -0.3 is 20.1 Å². The molecule has 0 saturated carbocycles. The average molecular weight is 445 g/mol. The number of unbranched alkanes of at least 4 members (excludes halogenated alkanes) is 11. The van der Waals surface area contributed by atoms with Crippen LogP contribution < -0.4 is 0 Å². The first-order valence-corrected chi connectivity index (χ1v) is 12.2. The Morgan fingerprint density at radius 3 is 1.77 bits per heavy atom. The Morgan fingerprint density at radius 2 is 1.26 bits per heavy atom. The largest absolute Gasteiger partial charge is 0.481 e. The van der Waals surface area contributed by atoms with Crippen LogP contribution in [0, 0.1) is 5.92 Å². The van der Waals surface area contributed by atoms with Crippen molar-refractivity contribution in [2.45, 2.75) is 122 Å². The Kier molecular flexibility index (Phi) is 19.2. The van der Waals surface area contributed by atoms with E-state index in [1.165, 1.54) is 38.5 Å². The van der Waals surface area contributed by atoms with Crippen LogP contribution in [0.3, 0.4) is 0 Å². The molecule has 0 aliphatic rings. The summed E-state index contributed by atoms with van der Waals surface area (Å²) in [6, 6.07) is 0. The number of hydrogen-bond acceptors (Lipinski definition) is 5. The summed E-state index contributed by atoms with van der Waals surface area (Å²) in [6.45, 7) is 1.82. The maximum Gasteiger partial charge on any atom is 0.306 e. The van der Waals surface area contributed by atoms with E-state index >= 15 is 0 Å². The summed E-state index contributed by atoms with van der Waals surface area (Å²) in [4.78, 5) is 34.0. The zero-order valence-corrected chi connectivity index (χ0v) is 19.4. The summed E-state index contributed by atoms with van der Waals surface area (Å²) in [6.07, 6.45) is 13.3. The second-order valence-electron chi connectivity index (χ2n) is 8.49. The second kappa shape index (κ2) is 20.3. The number of carbonyl (C=O) groups excluding carboxylic acids is 1. The Bertz CT molecular complexity index is 479. The minimum atomic E-state index is -0.959. The lowest BCUT2D eigenvalue weighted by Crippen LogP contribution is -2.28. The van der Waals surface area contributed by atoms with Gasteiger partial charge >= 0.3 is 17.9 Å². The van der Waals surface area contributed by atoms with Gasteiger partial charge in [0, 0.05) is 12.8 Å². The van der Waals surface area contributed by atoms with Gasteiger partial charge in [0.1, 0.15) is 6.10 Å². The molecule has 0 bridgehead atoms. The number of carboxylic acids is 2. The molecule has 7 heteroatoms. The average Bonchev–Trinajstić information content (AvgIpc) is 2.72. The highest BCUT2D eigenvalue weighted by molar-refractivity contribution is 5.71. The molecular weight excluding hydrogens is 400 g/mol. The molecule has 0 aliphatic carbocycles. The van der Waals surface area contributed by atoms with Crippen LogP contribution in [0.2, 0.25) is 0 Å². The Balaban J connectivity index is 3.99. The molecule has 2 atom stereocenters. The summed E-state index contributed by atoms with van der Waals surface area (Å²) < 4.78 is 5.31. The molecule has 0 radical (unpaired) electrons. The van der Waals surface area contributed by atoms with Crippen LogP contribution >= 0.6 is 0 Å². The van der Waals surface area contributed by atoms with Gasteiger partial charge in [0.05, 0.1) is 12.5 Å². The van der Waals surface area contributed by atoms with E-state index in [0.717, 1.165) is 32.1 Å². The molecule has 182 valence electrons. The first kappa shape index (κ1) is 29.4.